The van der Waals surface area contributed by atoms with Crippen molar-refractivity contribution in [3.05, 3.63) is 60.0 Å². The number of hydrogen-bond acceptors (Lipinski definition) is 3. The van der Waals surface area contributed by atoms with Crippen molar-refractivity contribution in [2.24, 2.45) is 0 Å². The van der Waals surface area contributed by atoms with E-state index in [9.17, 15) is 4.79 Å². The summed E-state index contributed by atoms with van der Waals surface area (Å²) in [4.78, 5) is 11.8. The Morgan fingerprint density at radius 2 is 1.95 bits per heavy atom. The molecule has 3 rings (SSSR count). The van der Waals surface area contributed by atoms with E-state index >= 15 is 0 Å². The molecular weight excluding hydrogens is 278 g/mol. The number of nitrogens with one attached hydrogen (secondary N) is 2. The largest absolute Gasteiger partial charge is 0.337 e. The van der Waals surface area contributed by atoms with Gasteiger partial charge in [0.25, 0.3) is 0 Å². The lowest BCUT2D eigenvalue weighted by atomic mass is 10.2. The zero-order valence-electron chi connectivity index (χ0n) is 12.3. The lowest BCUT2D eigenvalue weighted by molar-refractivity contribution is 0.252. The number of aryl methyl sites for hydroxylation is 1. The number of rotatable bonds is 4. The second-order valence-electron chi connectivity index (χ2n) is 5.04. The van der Waals surface area contributed by atoms with Crippen LogP contribution in [-0.4, -0.2) is 27.2 Å². The number of nitrogens with zero attached hydrogens (tertiary/aromatic N) is 3. The van der Waals surface area contributed by atoms with Gasteiger partial charge in [0.2, 0.25) is 0 Å². The molecule has 0 spiro atoms. The second-order valence-corrected chi connectivity index (χ2v) is 5.04. The van der Waals surface area contributed by atoms with Gasteiger partial charge in [0, 0.05) is 24.8 Å². The molecule has 0 saturated heterocycles. The second kappa shape index (κ2) is 6.26. The van der Waals surface area contributed by atoms with Crippen molar-refractivity contribution in [1.29, 1.82) is 0 Å². The molecule has 6 nitrogen and oxygen atoms in total. The first-order valence-corrected chi connectivity index (χ1v) is 7.12. The Kier molecular flexibility index (Phi) is 4.00. The normalized spacial score (nSPS) is 10.6. The molecule has 2 amide bonds. The fraction of sp³-hybridized carbons (Fsp3) is 0.188. The van der Waals surface area contributed by atoms with Gasteiger partial charge in [-0.1, -0.05) is 23.8 Å². The topological polar surface area (TPSA) is 71.3 Å². The van der Waals surface area contributed by atoms with E-state index < -0.39 is 0 Å². The maximum atomic E-state index is 11.8. The van der Waals surface area contributed by atoms with Gasteiger partial charge in [-0.15, -0.1) is 10.2 Å². The third kappa shape index (κ3) is 3.22. The summed E-state index contributed by atoms with van der Waals surface area (Å²) in [6.07, 6.45) is 2.53. The monoisotopic (exact) mass is 295 g/mol. The SMILES string of the molecule is Cc1ccc(NC(=O)NCCc2nnc3ccccn23)cc1. The first-order chi connectivity index (χ1) is 10.7. The summed E-state index contributed by atoms with van der Waals surface area (Å²) in [5.41, 5.74) is 2.74. The number of carbonyl (C=O) groups excluding carboxylic acids is 1. The molecular formula is C16H17N5O. The molecule has 2 aromatic heterocycles. The minimum atomic E-state index is -0.224. The van der Waals surface area contributed by atoms with E-state index in [0.717, 1.165) is 22.7 Å². The van der Waals surface area contributed by atoms with Crippen LogP contribution in [0.5, 0.6) is 0 Å². The van der Waals surface area contributed by atoms with Crippen molar-refractivity contribution < 1.29 is 4.79 Å². The van der Waals surface area contributed by atoms with Gasteiger partial charge in [0.15, 0.2) is 5.65 Å². The Balaban J connectivity index is 1.52. The molecule has 0 aliphatic rings. The van der Waals surface area contributed by atoms with Crippen LogP contribution in [-0.2, 0) is 6.42 Å². The highest BCUT2D eigenvalue weighted by atomic mass is 16.2. The van der Waals surface area contributed by atoms with Crippen LogP contribution in [0.15, 0.2) is 48.7 Å². The van der Waals surface area contributed by atoms with Crippen molar-refractivity contribution in [3.63, 3.8) is 0 Å². The summed E-state index contributed by atoms with van der Waals surface area (Å²) in [5, 5.41) is 13.8. The fourth-order valence-electron chi connectivity index (χ4n) is 2.16. The summed E-state index contributed by atoms with van der Waals surface area (Å²) < 4.78 is 1.92. The van der Waals surface area contributed by atoms with Crippen LogP contribution in [0.4, 0.5) is 10.5 Å². The third-order valence-electron chi connectivity index (χ3n) is 3.33. The Bertz CT molecular complexity index is 779. The summed E-state index contributed by atoms with van der Waals surface area (Å²) >= 11 is 0. The zero-order valence-corrected chi connectivity index (χ0v) is 12.3. The Hall–Kier alpha value is -2.89. The minimum absolute atomic E-state index is 0.224. The highest BCUT2D eigenvalue weighted by molar-refractivity contribution is 5.89. The lowest BCUT2D eigenvalue weighted by Crippen LogP contribution is -2.30. The van der Waals surface area contributed by atoms with Gasteiger partial charge in [0.05, 0.1) is 0 Å². The Morgan fingerprint density at radius 3 is 2.77 bits per heavy atom. The van der Waals surface area contributed by atoms with E-state index in [2.05, 4.69) is 20.8 Å². The van der Waals surface area contributed by atoms with Crippen molar-refractivity contribution in [2.75, 3.05) is 11.9 Å². The van der Waals surface area contributed by atoms with Gasteiger partial charge in [0.1, 0.15) is 5.82 Å². The highest BCUT2D eigenvalue weighted by Gasteiger charge is 2.05. The van der Waals surface area contributed by atoms with Crippen LogP contribution in [0, 0.1) is 6.92 Å². The van der Waals surface area contributed by atoms with Gasteiger partial charge in [-0.3, -0.25) is 4.40 Å². The first kappa shape index (κ1) is 14.1. The van der Waals surface area contributed by atoms with Crippen LogP contribution in [0.3, 0.4) is 0 Å². The van der Waals surface area contributed by atoms with Crippen LogP contribution >= 0.6 is 0 Å². The van der Waals surface area contributed by atoms with Gasteiger partial charge in [-0.05, 0) is 31.2 Å². The summed E-state index contributed by atoms with van der Waals surface area (Å²) in [6, 6.07) is 13.2. The molecule has 0 saturated carbocycles. The number of anilines is 1. The summed E-state index contributed by atoms with van der Waals surface area (Å²) in [7, 11) is 0. The van der Waals surface area contributed by atoms with Crippen LogP contribution in [0.2, 0.25) is 0 Å². The molecule has 0 atom stereocenters. The van der Waals surface area contributed by atoms with E-state index in [1.165, 1.54) is 0 Å². The molecule has 112 valence electrons. The average Bonchev–Trinajstić information content (AvgIpc) is 2.93. The van der Waals surface area contributed by atoms with Crippen molar-refractivity contribution in [1.82, 2.24) is 19.9 Å². The standard InChI is InChI=1S/C16H17N5O/c1-12-5-7-13(8-6-12)18-16(22)17-10-9-15-20-19-14-4-2-3-11-21(14)15/h2-8,11H,9-10H2,1H3,(H2,17,18,22). The number of hydrogen-bond donors (Lipinski definition) is 2. The smallest absolute Gasteiger partial charge is 0.319 e. The van der Waals surface area contributed by atoms with Crippen molar-refractivity contribution in [2.45, 2.75) is 13.3 Å². The summed E-state index contributed by atoms with van der Waals surface area (Å²) in [6.45, 7) is 2.50. The Morgan fingerprint density at radius 1 is 1.14 bits per heavy atom. The molecule has 0 unspecified atom stereocenters. The molecule has 22 heavy (non-hydrogen) atoms. The molecule has 2 heterocycles. The van der Waals surface area contributed by atoms with Gasteiger partial charge < -0.3 is 10.6 Å². The van der Waals surface area contributed by atoms with Gasteiger partial charge >= 0.3 is 6.03 Å². The number of amides is 2. The molecule has 3 aromatic rings. The van der Waals surface area contributed by atoms with E-state index in [4.69, 9.17) is 0 Å². The average molecular weight is 295 g/mol. The molecule has 0 aliphatic carbocycles. The number of benzene rings is 1. The molecule has 0 bridgehead atoms. The van der Waals surface area contributed by atoms with Crippen LogP contribution in [0.1, 0.15) is 11.4 Å². The number of carbonyl (C=O) groups is 1. The third-order valence-corrected chi connectivity index (χ3v) is 3.33. The number of fused-ring (bicyclic) bond motifs is 1. The number of pyridine rings is 1. The Labute approximate surface area is 128 Å². The maximum absolute atomic E-state index is 11.8. The van der Waals surface area contributed by atoms with E-state index in [-0.39, 0.29) is 6.03 Å². The maximum Gasteiger partial charge on any atom is 0.319 e. The zero-order chi connectivity index (χ0) is 15.4. The van der Waals surface area contributed by atoms with Gasteiger partial charge in [-0.25, -0.2) is 4.79 Å². The fourth-order valence-corrected chi connectivity index (χ4v) is 2.16. The van der Waals surface area contributed by atoms with Gasteiger partial charge in [-0.2, -0.15) is 0 Å². The molecule has 6 heteroatoms. The quantitative estimate of drug-likeness (QED) is 0.776. The molecule has 0 radical (unpaired) electrons. The molecule has 0 fully saturated rings. The van der Waals surface area contributed by atoms with Crippen LogP contribution < -0.4 is 10.6 Å². The molecule has 0 aliphatic heterocycles. The van der Waals surface area contributed by atoms with Crippen molar-refractivity contribution >= 4 is 17.4 Å². The van der Waals surface area contributed by atoms with E-state index in [1.54, 1.807) is 0 Å². The highest BCUT2D eigenvalue weighted by Crippen LogP contribution is 2.08. The molecule has 2 N–H and O–H groups in total. The number of aromatic nitrogens is 3. The molecule has 1 aromatic carbocycles. The predicted molar refractivity (Wildman–Crippen MR) is 84.9 cm³/mol. The van der Waals surface area contributed by atoms with Crippen LogP contribution in [0.25, 0.3) is 5.65 Å². The number of urea groups is 1. The lowest BCUT2D eigenvalue weighted by Gasteiger charge is -2.07. The van der Waals surface area contributed by atoms with E-state index in [1.807, 2.05) is 60.0 Å². The first-order valence-electron chi connectivity index (χ1n) is 7.12. The van der Waals surface area contributed by atoms with Crippen molar-refractivity contribution in [3.8, 4) is 0 Å². The predicted octanol–water partition coefficient (Wildman–Crippen LogP) is 2.40. The summed E-state index contributed by atoms with van der Waals surface area (Å²) in [5.74, 6) is 0.825. The van der Waals surface area contributed by atoms with E-state index in [0.29, 0.717) is 13.0 Å². The minimum Gasteiger partial charge on any atom is -0.337 e.